The lowest BCUT2D eigenvalue weighted by Crippen LogP contribution is -2.32. The number of nitrogens with zero attached hydrogens (tertiary/aromatic N) is 4. The van der Waals surface area contributed by atoms with Gasteiger partial charge in [-0.2, -0.15) is 0 Å². The van der Waals surface area contributed by atoms with Gasteiger partial charge in [0.15, 0.2) is 0 Å². The van der Waals surface area contributed by atoms with Gasteiger partial charge in [-0.1, -0.05) is 48.7 Å². The van der Waals surface area contributed by atoms with E-state index in [1.54, 1.807) is 0 Å². The molecule has 0 radical (unpaired) electrons. The Morgan fingerprint density at radius 3 is 2.82 bits per heavy atom. The third kappa shape index (κ3) is 7.36. The molecule has 38 heavy (non-hydrogen) atoms. The topological polar surface area (TPSA) is 93.8 Å². The molecule has 0 fully saturated rings. The fraction of sp³-hybridized carbons (Fsp3) is 0.367. The molecule has 1 aromatic carbocycles. The van der Waals surface area contributed by atoms with Crippen molar-refractivity contribution in [2.45, 2.75) is 65.1 Å². The number of amides is 1. The first kappa shape index (κ1) is 27.7. The van der Waals surface area contributed by atoms with Crippen LogP contribution in [0.5, 0.6) is 0 Å². The highest BCUT2D eigenvalue weighted by atomic mass is 32.2. The highest BCUT2D eigenvalue weighted by Gasteiger charge is 2.27. The number of aliphatic imine (C=N–C) groups is 2. The summed E-state index contributed by atoms with van der Waals surface area (Å²) in [5, 5.41) is 10.4. The number of fused-ring (bicyclic) bond motifs is 1. The molecule has 7 nitrogen and oxygen atoms in total. The molecule has 1 aliphatic heterocycles. The monoisotopic (exact) mass is 528 g/mol. The highest BCUT2D eigenvalue weighted by molar-refractivity contribution is 8.15. The third-order valence-electron chi connectivity index (χ3n) is 7.04. The van der Waals surface area contributed by atoms with Crippen LogP contribution in [0.2, 0.25) is 0 Å². The van der Waals surface area contributed by atoms with Crippen molar-refractivity contribution in [1.82, 2.24) is 15.2 Å². The summed E-state index contributed by atoms with van der Waals surface area (Å²) in [5.74, 6) is -0.0992. The van der Waals surface area contributed by atoms with Crippen LogP contribution in [-0.4, -0.2) is 39.9 Å². The van der Waals surface area contributed by atoms with Crippen molar-refractivity contribution in [3.05, 3.63) is 87.7 Å². The molecular formula is C30H36N6OS. The van der Waals surface area contributed by atoms with Crippen molar-refractivity contribution in [3.8, 4) is 0 Å². The zero-order valence-electron chi connectivity index (χ0n) is 22.2. The Kier molecular flexibility index (Phi) is 9.79. The average molecular weight is 529 g/mol. The molecule has 1 atom stereocenters. The van der Waals surface area contributed by atoms with Crippen LogP contribution < -0.4 is 5.32 Å². The molecule has 0 bridgehead atoms. The van der Waals surface area contributed by atoms with Gasteiger partial charge in [-0.25, -0.2) is 9.98 Å². The van der Waals surface area contributed by atoms with Crippen LogP contribution >= 0.6 is 11.8 Å². The van der Waals surface area contributed by atoms with Gasteiger partial charge in [-0.05, 0) is 67.2 Å². The van der Waals surface area contributed by atoms with Crippen LogP contribution in [0.25, 0.3) is 0 Å². The highest BCUT2D eigenvalue weighted by Crippen LogP contribution is 2.34. The normalized spacial score (nSPS) is 17.0. The number of carbonyl (C=O) groups excluding carboxylic acids is 1. The summed E-state index contributed by atoms with van der Waals surface area (Å²) < 4.78 is 0. The van der Waals surface area contributed by atoms with Crippen LogP contribution in [0.1, 0.15) is 68.0 Å². The van der Waals surface area contributed by atoms with Crippen LogP contribution in [0.3, 0.4) is 0 Å². The third-order valence-corrected chi connectivity index (χ3v) is 7.70. The Labute approximate surface area is 229 Å². The fourth-order valence-corrected chi connectivity index (χ4v) is 5.32. The molecule has 2 aliphatic rings. The van der Waals surface area contributed by atoms with Gasteiger partial charge in [0.25, 0.3) is 0 Å². The number of allylic oxidation sites excluding steroid dienone is 1. The van der Waals surface area contributed by atoms with Gasteiger partial charge >= 0.3 is 0 Å². The Hall–Kier alpha value is -3.36. The van der Waals surface area contributed by atoms with Crippen molar-refractivity contribution in [1.29, 1.82) is 5.41 Å². The van der Waals surface area contributed by atoms with Crippen molar-refractivity contribution < 1.29 is 4.79 Å². The molecule has 2 heterocycles. The number of aromatic nitrogens is 1. The van der Waals surface area contributed by atoms with E-state index in [0.29, 0.717) is 24.2 Å². The molecule has 198 valence electrons. The van der Waals surface area contributed by atoms with E-state index in [9.17, 15) is 4.79 Å². The number of rotatable bonds is 11. The first-order chi connectivity index (χ1) is 18.4. The summed E-state index contributed by atoms with van der Waals surface area (Å²) in [6, 6.07) is 13.0. The molecule has 0 saturated heterocycles. The maximum atomic E-state index is 12.8. The zero-order valence-corrected chi connectivity index (χ0v) is 23.1. The Morgan fingerprint density at radius 1 is 1.24 bits per heavy atom. The molecule has 1 aliphatic carbocycles. The molecule has 8 heteroatoms. The van der Waals surface area contributed by atoms with Crippen molar-refractivity contribution in [2.24, 2.45) is 9.98 Å². The maximum absolute atomic E-state index is 12.8. The van der Waals surface area contributed by atoms with Crippen LogP contribution in [0.4, 0.5) is 0 Å². The van der Waals surface area contributed by atoms with Crippen LogP contribution in [0.15, 0.2) is 75.3 Å². The second-order valence-corrected chi connectivity index (χ2v) is 10.8. The lowest BCUT2D eigenvalue weighted by molar-refractivity contribution is -0.117. The minimum atomic E-state index is -0.0992. The number of thioether (sulfide) groups is 1. The number of aryl methyl sites for hydroxylation is 1. The van der Waals surface area contributed by atoms with E-state index in [0.717, 1.165) is 55.0 Å². The van der Waals surface area contributed by atoms with E-state index in [2.05, 4.69) is 57.1 Å². The SMILES string of the molecule is C=C(CCN(Cc1ccc(CNC(=O)C2=C(C)N=CN=C(C)C2)cc1)C1CCCc2cccnc21)SC=N. The average Bonchev–Trinajstić information content (AvgIpc) is 3.10. The van der Waals surface area contributed by atoms with E-state index in [1.165, 1.54) is 40.5 Å². The first-order valence-corrected chi connectivity index (χ1v) is 14.0. The largest absolute Gasteiger partial charge is 0.348 e. The molecule has 2 aromatic rings. The standard InChI is InChI=1S/C30H36N6OS/c1-21-16-27(23(3)35-20-34-21)30(37)33-17-24-9-11-25(12-10-24)18-36(15-13-22(2)38-19-31)28-8-4-6-26-7-5-14-32-29(26)28/h5,7,9-12,14,19-20,28,31H,2,4,6,8,13,15-18H2,1,3H3,(H,33,37). The lowest BCUT2D eigenvalue weighted by atomic mass is 9.90. The van der Waals surface area contributed by atoms with Crippen molar-refractivity contribution in [3.63, 3.8) is 0 Å². The van der Waals surface area contributed by atoms with Crippen molar-refractivity contribution >= 4 is 35.3 Å². The quantitative estimate of drug-likeness (QED) is 0.277. The predicted molar refractivity (Wildman–Crippen MR) is 158 cm³/mol. The number of benzene rings is 1. The predicted octanol–water partition coefficient (Wildman–Crippen LogP) is 5.99. The summed E-state index contributed by atoms with van der Waals surface area (Å²) >= 11 is 1.39. The molecule has 0 saturated carbocycles. The molecule has 1 unspecified atom stereocenters. The van der Waals surface area contributed by atoms with Gasteiger partial charge in [0, 0.05) is 49.2 Å². The zero-order chi connectivity index (χ0) is 26.9. The number of carbonyl (C=O) groups is 1. The molecule has 4 rings (SSSR count). The van der Waals surface area contributed by atoms with E-state index in [4.69, 9.17) is 10.4 Å². The summed E-state index contributed by atoms with van der Waals surface area (Å²) in [6.07, 6.45) is 8.07. The van der Waals surface area contributed by atoms with Gasteiger partial charge < -0.3 is 10.7 Å². The number of nitrogens with one attached hydrogen (secondary N) is 2. The van der Waals surface area contributed by atoms with E-state index in [1.807, 2.05) is 26.1 Å². The number of hydrogen-bond donors (Lipinski definition) is 2. The summed E-state index contributed by atoms with van der Waals surface area (Å²) in [5.41, 5.74) is 8.40. The van der Waals surface area contributed by atoms with E-state index >= 15 is 0 Å². The Balaban J connectivity index is 1.42. The molecule has 2 N–H and O–H groups in total. The van der Waals surface area contributed by atoms with Crippen LogP contribution in [-0.2, 0) is 24.3 Å². The van der Waals surface area contributed by atoms with Crippen LogP contribution in [0, 0.1) is 5.41 Å². The first-order valence-electron chi connectivity index (χ1n) is 13.1. The maximum Gasteiger partial charge on any atom is 0.249 e. The second-order valence-electron chi connectivity index (χ2n) is 9.80. The van der Waals surface area contributed by atoms with E-state index < -0.39 is 0 Å². The van der Waals surface area contributed by atoms with Crippen molar-refractivity contribution in [2.75, 3.05) is 6.54 Å². The van der Waals surface area contributed by atoms with Gasteiger partial charge in [0.1, 0.15) is 6.34 Å². The van der Waals surface area contributed by atoms with Gasteiger partial charge in [0.2, 0.25) is 5.91 Å². The fourth-order valence-electron chi connectivity index (χ4n) is 4.95. The smallest absolute Gasteiger partial charge is 0.249 e. The summed E-state index contributed by atoms with van der Waals surface area (Å²) in [4.78, 5) is 29.5. The number of hydrogen-bond acceptors (Lipinski definition) is 7. The minimum absolute atomic E-state index is 0.0992. The Morgan fingerprint density at radius 2 is 2.03 bits per heavy atom. The summed E-state index contributed by atoms with van der Waals surface area (Å²) in [7, 11) is 0. The molecular weight excluding hydrogens is 492 g/mol. The van der Waals surface area contributed by atoms with E-state index in [-0.39, 0.29) is 11.9 Å². The summed E-state index contributed by atoms with van der Waals surface area (Å²) in [6.45, 7) is 10.00. The minimum Gasteiger partial charge on any atom is -0.348 e. The second kappa shape index (κ2) is 13.4. The molecule has 0 spiro atoms. The Bertz CT molecular complexity index is 1260. The van der Waals surface area contributed by atoms with Gasteiger partial charge in [-0.15, -0.1) is 0 Å². The molecule has 1 amide bonds. The van der Waals surface area contributed by atoms with Gasteiger partial charge in [0.05, 0.1) is 17.3 Å². The molecule has 1 aromatic heterocycles. The lowest BCUT2D eigenvalue weighted by Gasteiger charge is -2.35. The van der Waals surface area contributed by atoms with Gasteiger partial charge in [-0.3, -0.25) is 14.7 Å². The number of pyridine rings is 1.